The normalized spacial score (nSPS) is 14.5. The largest absolute Gasteiger partial charge is 0.368 e. The molecular formula is C20H18FN3O2. The van der Waals surface area contributed by atoms with E-state index in [1.807, 2.05) is 18.2 Å². The average Bonchev–Trinajstić information content (AvgIpc) is 3.19. The van der Waals surface area contributed by atoms with E-state index >= 15 is 0 Å². The standard InChI is InChI=1S/C20H18FN3O2/c21-16-8-6-15(7-9-16)19-18(14-26-22-19)20(25)24-12-10-23(11-13-24)17-4-2-1-3-5-17/h1-9,14H,10-13H2. The zero-order chi connectivity index (χ0) is 17.9. The van der Waals surface area contributed by atoms with Crippen LogP contribution in [0, 0.1) is 5.82 Å². The van der Waals surface area contributed by atoms with Gasteiger partial charge in [0.15, 0.2) is 0 Å². The van der Waals surface area contributed by atoms with E-state index in [0.717, 1.165) is 18.8 Å². The number of halogens is 1. The number of para-hydroxylation sites is 1. The van der Waals surface area contributed by atoms with Gasteiger partial charge >= 0.3 is 0 Å². The maximum absolute atomic E-state index is 13.1. The fourth-order valence-corrected chi connectivity index (χ4v) is 3.18. The van der Waals surface area contributed by atoms with E-state index in [1.54, 1.807) is 17.0 Å². The third-order valence-electron chi connectivity index (χ3n) is 4.61. The van der Waals surface area contributed by atoms with Crippen molar-refractivity contribution in [2.24, 2.45) is 0 Å². The third kappa shape index (κ3) is 3.18. The average molecular weight is 351 g/mol. The van der Waals surface area contributed by atoms with Crippen LogP contribution in [0.25, 0.3) is 11.3 Å². The molecule has 1 fully saturated rings. The van der Waals surface area contributed by atoms with Crippen LogP contribution >= 0.6 is 0 Å². The van der Waals surface area contributed by atoms with Gasteiger partial charge in [0.2, 0.25) is 0 Å². The van der Waals surface area contributed by atoms with E-state index in [9.17, 15) is 9.18 Å². The summed E-state index contributed by atoms with van der Waals surface area (Å²) in [6.45, 7) is 2.80. The monoisotopic (exact) mass is 351 g/mol. The highest BCUT2D eigenvalue weighted by atomic mass is 19.1. The number of benzene rings is 2. The zero-order valence-corrected chi connectivity index (χ0v) is 14.1. The molecule has 0 radical (unpaired) electrons. The van der Waals surface area contributed by atoms with Crippen LogP contribution in [0.2, 0.25) is 0 Å². The molecule has 0 N–H and O–H groups in total. The molecule has 1 aliphatic heterocycles. The van der Waals surface area contributed by atoms with E-state index < -0.39 is 0 Å². The molecule has 0 spiro atoms. The lowest BCUT2D eigenvalue weighted by Crippen LogP contribution is -2.48. The summed E-state index contributed by atoms with van der Waals surface area (Å²) in [4.78, 5) is 17.0. The van der Waals surface area contributed by atoms with Gasteiger partial charge in [-0.15, -0.1) is 0 Å². The summed E-state index contributed by atoms with van der Waals surface area (Å²) in [6, 6.07) is 16.0. The van der Waals surface area contributed by atoms with Crippen LogP contribution in [-0.4, -0.2) is 42.1 Å². The number of piperazine rings is 1. The van der Waals surface area contributed by atoms with Crippen LogP contribution in [0.4, 0.5) is 10.1 Å². The maximum Gasteiger partial charge on any atom is 0.259 e. The van der Waals surface area contributed by atoms with E-state index in [-0.39, 0.29) is 11.7 Å². The zero-order valence-electron chi connectivity index (χ0n) is 14.1. The van der Waals surface area contributed by atoms with Crippen LogP contribution in [0.3, 0.4) is 0 Å². The fourth-order valence-electron chi connectivity index (χ4n) is 3.18. The molecular weight excluding hydrogens is 333 g/mol. The van der Waals surface area contributed by atoms with Gasteiger partial charge < -0.3 is 14.3 Å². The number of hydrogen-bond donors (Lipinski definition) is 0. The summed E-state index contributed by atoms with van der Waals surface area (Å²) in [7, 11) is 0. The number of aromatic nitrogens is 1. The number of hydrogen-bond acceptors (Lipinski definition) is 4. The molecule has 1 saturated heterocycles. The van der Waals surface area contributed by atoms with Gasteiger partial charge in [-0.25, -0.2) is 4.39 Å². The highest BCUT2D eigenvalue weighted by Crippen LogP contribution is 2.24. The van der Waals surface area contributed by atoms with Gasteiger partial charge in [0.1, 0.15) is 23.3 Å². The molecule has 0 unspecified atom stereocenters. The number of anilines is 1. The Morgan fingerprint density at radius 3 is 2.35 bits per heavy atom. The molecule has 0 saturated carbocycles. The number of carbonyl (C=O) groups is 1. The number of rotatable bonds is 3. The number of carbonyl (C=O) groups excluding carboxylic acids is 1. The molecule has 2 heterocycles. The highest BCUT2D eigenvalue weighted by molar-refractivity contribution is 5.99. The lowest BCUT2D eigenvalue weighted by molar-refractivity contribution is 0.0746. The second-order valence-electron chi connectivity index (χ2n) is 6.20. The summed E-state index contributed by atoms with van der Waals surface area (Å²) < 4.78 is 18.2. The Morgan fingerprint density at radius 1 is 0.962 bits per heavy atom. The molecule has 0 atom stereocenters. The van der Waals surface area contributed by atoms with Crippen LogP contribution in [0.5, 0.6) is 0 Å². The van der Waals surface area contributed by atoms with E-state index in [2.05, 4.69) is 22.2 Å². The van der Waals surface area contributed by atoms with Gasteiger partial charge in [0.25, 0.3) is 5.91 Å². The minimum absolute atomic E-state index is 0.113. The molecule has 26 heavy (non-hydrogen) atoms. The topological polar surface area (TPSA) is 49.6 Å². The highest BCUT2D eigenvalue weighted by Gasteiger charge is 2.26. The summed E-state index contributed by atoms with van der Waals surface area (Å²) in [5.74, 6) is -0.444. The Hall–Kier alpha value is -3.15. The van der Waals surface area contributed by atoms with Crippen LogP contribution < -0.4 is 4.90 Å². The fraction of sp³-hybridized carbons (Fsp3) is 0.200. The SMILES string of the molecule is O=C(c1conc1-c1ccc(F)cc1)N1CCN(c2ccccc2)CC1. The van der Waals surface area contributed by atoms with Crippen molar-refractivity contribution >= 4 is 11.6 Å². The first kappa shape index (κ1) is 16.3. The maximum atomic E-state index is 13.1. The number of amides is 1. The summed E-state index contributed by atoms with van der Waals surface area (Å²) >= 11 is 0. The predicted octanol–water partition coefficient (Wildman–Crippen LogP) is 3.44. The Bertz CT molecular complexity index is 885. The van der Waals surface area contributed by atoms with Crippen molar-refractivity contribution in [1.82, 2.24) is 10.1 Å². The first-order valence-electron chi connectivity index (χ1n) is 8.52. The Kier molecular flexibility index (Phi) is 4.39. The first-order valence-corrected chi connectivity index (χ1v) is 8.52. The molecule has 132 valence electrons. The van der Waals surface area contributed by atoms with Crippen molar-refractivity contribution in [2.75, 3.05) is 31.1 Å². The third-order valence-corrected chi connectivity index (χ3v) is 4.61. The van der Waals surface area contributed by atoms with Crippen molar-refractivity contribution < 1.29 is 13.7 Å². The van der Waals surface area contributed by atoms with Crippen molar-refractivity contribution in [3.8, 4) is 11.3 Å². The lowest BCUT2D eigenvalue weighted by atomic mass is 10.1. The lowest BCUT2D eigenvalue weighted by Gasteiger charge is -2.36. The Labute approximate surface area is 150 Å². The molecule has 4 rings (SSSR count). The molecule has 1 aliphatic rings. The quantitative estimate of drug-likeness (QED) is 0.725. The molecule has 5 nitrogen and oxygen atoms in total. The first-order chi connectivity index (χ1) is 12.7. The molecule has 1 amide bonds. The summed E-state index contributed by atoms with van der Waals surface area (Å²) in [5.41, 5.74) is 2.67. The van der Waals surface area contributed by atoms with E-state index in [0.29, 0.717) is 29.9 Å². The van der Waals surface area contributed by atoms with Gasteiger partial charge in [0.05, 0.1) is 0 Å². The summed E-state index contributed by atoms with van der Waals surface area (Å²) in [6.07, 6.45) is 1.37. The molecule has 1 aromatic heterocycles. The Morgan fingerprint density at radius 2 is 1.65 bits per heavy atom. The minimum Gasteiger partial charge on any atom is -0.368 e. The van der Waals surface area contributed by atoms with Crippen molar-refractivity contribution in [3.05, 3.63) is 72.2 Å². The van der Waals surface area contributed by atoms with Crippen LogP contribution in [0.1, 0.15) is 10.4 Å². The molecule has 3 aromatic rings. The second kappa shape index (κ2) is 7.00. The Balaban J connectivity index is 1.48. The van der Waals surface area contributed by atoms with Gasteiger partial charge in [-0.1, -0.05) is 23.4 Å². The molecule has 2 aromatic carbocycles. The molecule has 0 bridgehead atoms. The van der Waals surface area contributed by atoms with E-state index in [1.165, 1.54) is 18.4 Å². The van der Waals surface area contributed by atoms with Crippen molar-refractivity contribution in [2.45, 2.75) is 0 Å². The second-order valence-corrected chi connectivity index (χ2v) is 6.20. The predicted molar refractivity (Wildman–Crippen MR) is 96.5 cm³/mol. The van der Waals surface area contributed by atoms with Gasteiger partial charge in [-0.2, -0.15) is 0 Å². The van der Waals surface area contributed by atoms with Crippen molar-refractivity contribution in [3.63, 3.8) is 0 Å². The molecule has 6 heteroatoms. The van der Waals surface area contributed by atoms with Crippen LogP contribution in [-0.2, 0) is 0 Å². The number of nitrogens with zero attached hydrogens (tertiary/aromatic N) is 3. The minimum atomic E-state index is -0.331. The summed E-state index contributed by atoms with van der Waals surface area (Å²) in [5, 5.41) is 3.94. The van der Waals surface area contributed by atoms with E-state index in [4.69, 9.17) is 4.52 Å². The van der Waals surface area contributed by atoms with Gasteiger partial charge in [-0.05, 0) is 36.4 Å². The van der Waals surface area contributed by atoms with Crippen LogP contribution in [0.15, 0.2) is 65.4 Å². The smallest absolute Gasteiger partial charge is 0.259 e. The van der Waals surface area contributed by atoms with Gasteiger partial charge in [0, 0.05) is 37.4 Å². The molecule has 0 aliphatic carbocycles. The van der Waals surface area contributed by atoms with Crippen molar-refractivity contribution in [1.29, 1.82) is 0 Å². The van der Waals surface area contributed by atoms with Gasteiger partial charge in [-0.3, -0.25) is 4.79 Å².